The number of hydrogen-bond donors (Lipinski definition) is 1. The molecule has 4 nitrogen and oxygen atoms in total. The van der Waals surface area contributed by atoms with E-state index in [2.05, 4.69) is 4.90 Å². The molecule has 1 aliphatic heterocycles. The van der Waals surface area contributed by atoms with Crippen LogP contribution in [0.5, 0.6) is 0 Å². The number of rotatable bonds is 4. The predicted molar refractivity (Wildman–Crippen MR) is 57.5 cm³/mol. The maximum Gasteiger partial charge on any atom is 0.309 e. The highest BCUT2D eigenvalue weighted by atomic mass is 16.5. The van der Waals surface area contributed by atoms with E-state index in [1.165, 1.54) is 0 Å². The highest BCUT2D eigenvalue weighted by Gasteiger charge is 2.32. The van der Waals surface area contributed by atoms with Crippen LogP contribution in [0, 0.1) is 5.92 Å². The van der Waals surface area contributed by atoms with E-state index in [4.69, 9.17) is 4.74 Å². The molecule has 0 aromatic carbocycles. The van der Waals surface area contributed by atoms with Crippen LogP contribution in [-0.2, 0) is 9.53 Å². The zero-order valence-electron chi connectivity index (χ0n) is 9.82. The van der Waals surface area contributed by atoms with Gasteiger partial charge in [-0.2, -0.15) is 0 Å². The zero-order valence-corrected chi connectivity index (χ0v) is 9.82. The summed E-state index contributed by atoms with van der Waals surface area (Å²) in [7, 11) is 0. The number of carbonyl (C=O) groups excluding carboxylic acids is 1. The molecule has 1 fully saturated rings. The first-order valence-corrected chi connectivity index (χ1v) is 5.56. The van der Waals surface area contributed by atoms with Crippen LogP contribution in [0.25, 0.3) is 0 Å². The van der Waals surface area contributed by atoms with Crippen LogP contribution in [-0.4, -0.2) is 47.8 Å². The summed E-state index contributed by atoms with van der Waals surface area (Å²) in [5, 5.41) is 9.76. The molecule has 0 bridgehead atoms. The molecule has 2 atom stereocenters. The van der Waals surface area contributed by atoms with E-state index in [-0.39, 0.29) is 11.9 Å². The predicted octanol–water partition coefficient (Wildman–Crippen LogP) is 0.642. The Kier molecular flexibility index (Phi) is 4.11. The summed E-state index contributed by atoms with van der Waals surface area (Å²) in [6.07, 6.45) is 0.780. The molecular formula is C11H21NO3. The van der Waals surface area contributed by atoms with Gasteiger partial charge in [0.05, 0.1) is 18.1 Å². The van der Waals surface area contributed by atoms with Crippen molar-refractivity contribution in [2.45, 2.75) is 32.8 Å². The number of aliphatic hydroxyl groups is 1. The number of carbonyl (C=O) groups is 1. The van der Waals surface area contributed by atoms with Crippen molar-refractivity contribution in [3.8, 4) is 0 Å². The lowest BCUT2D eigenvalue weighted by Crippen LogP contribution is -2.34. The molecule has 0 aromatic rings. The van der Waals surface area contributed by atoms with Crippen molar-refractivity contribution >= 4 is 5.97 Å². The van der Waals surface area contributed by atoms with Crippen molar-refractivity contribution in [2.24, 2.45) is 5.92 Å². The second kappa shape index (κ2) is 4.94. The molecule has 1 saturated heterocycles. The van der Waals surface area contributed by atoms with E-state index in [1.807, 2.05) is 20.8 Å². The van der Waals surface area contributed by atoms with Gasteiger partial charge in [-0.05, 0) is 20.3 Å². The molecule has 0 aromatic heterocycles. The number of ether oxygens (including phenoxy) is 1. The van der Waals surface area contributed by atoms with E-state index in [9.17, 15) is 9.90 Å². The molecule has 0 spiro atoms. The first-order chi connectivity index (χ1) is 6.94. The second-order valence-corrected chi connectivity index (χ2v) is 4.64. The van der Waals surface area contributed by atoms with Crippen molar-refractivity contribution in [3.63, 3.8) is 0 Å². The van der Waals surface area contributed by atoms with E-state index in [1.54, 1.807) is 0 Å². The quantitative estimate of drug-likeness (QED) is 0.699. The lowest BCUT2D eigenvalue weighted by atomic mass is 10.1. The van der Waals surface area contributed by atoms with E-state index < -0.39 is 5.60 Å². The fourth-order valence-electron chi connectivity index (χ4n) is 1.94. The fourth-order valence-corrected chi connectivity index (χ4v) is 1.94. The van der Waals surface area contributed by atoms with Gasteiger partial charge in [0.25, 0.3) is 0 Å². The van der Waals surface area contributed by atoms with Crippen LogP contribution in [0.2, 0.25) is 0 Å². The van der Waals surface area contributed by atoms with Gasteiger partial charge in [0.15, 0.2) is 0 Å². The normalized spacial score (nSPS) is 29.1. The third-order valence-electron chi connectivity index (χ3n) is 2.75. The van der Waals surface area contributed by atoms with Gasteiger partial charge in [-0.25, -0.2) is 0 Å². The third kappa shape index (κ3) is 3.80. The smallest absolute Gasteiger partial charge is 0.309 e. The van der Waals surface area contributed by atoms with E-state index in [0.29, 0.717) is 19.7 Å². The summed E-state index contributed by atoms with van der Waals surface area (Å²) in [5.41, 5.74) is -0.589. The molecule has 0 amide bonds. The van der Waals surface area contributed by atoms with Gasteiger partial charge in [-0.3, -0.25) is 9.69 Å². The van der Waals surface area contributed by atoms with Crippen molar-refractivity contribution in [1.82, 2.24) is 4.90 Å². The summed E-state index contributed by atoms with van der Waals surface area (Å²) in [6, 6.07) is 0. The Morgan fingerprint density at radius 3 is 2.80 bits per heavy atom. The van der Waals surface area contributed by atoms with Gasteiger partial charge in [0, 0.05) is 19.6 Å². The zero-order chi connectivity index (χ0) is 11.5. The number of likely N-dealkylation sites (tertiary alicyclic amines) is 1. The van der Waals surface area contributed by atoms with Gasteiger partial charge in [-0.1, -0.05) is 6.92 Å². The second-order valence-electron chi connectivity index (χ2n) is 4.64. The Morgan fingerprint density at radius 2 is 2.33 bits per heavy atom. The van der Waals surface area contributed by atoms with Crippen LogP contribution in [0.3, 0.4) is 0 Å². The lowest BCUT2D eigenvalue weighted by Gasteiger charge is -2.21. The minimum Gasteiger partial charge on any atom is -0.466 e. The minimum absolute atomic E-state index is 0.112. The van der Waals surface area contributed by atoms with Gasteiger partial charge < -0.3 is 9.84 Å². The molecule has 15 heavy (non-hydrogen) atoms. The molecule has 1 aliphatic rings. The van der Waals surface area contributed by atoms with Gasteiger partial charge in [0.1, 0.15) is 0 Å². The van der Waals surface area contributed by atoms with Crippen LogP contribution in [0.1, 0.15) is 27.2 Å². The molecule has 2 unspecified atom stereocenters. The van der Waals surface area contributed by atoms with Gasteiger partial charge >= 0.3 is 5.97 Å². The molecule has 4 heteroatoms. The topological polar surface area (TPSA) is 49.8 Å². The van der Waals surface area contributed by atoms with Crippen LogP contribution >= 0.6 is 0 Å². The van der Waals surface area contributed by atoms with Crippen LogP contribution in [0.4, 0.5) is 0 Å². The molecular weight excluding hydrogens is 194 g/mol. The van der Waals surface area contributed by atoms with Crippen LogP contribution < -0.4 is 0 Å². The van der Waals surface area contributed by atoms with Crippen molar-refractivity contribution in [2.75, 3.05) is 26.2 Å². The SMILES string of the molecule is CCOC(=O)C(C)CN1CCC(C)(O)C1. The van der Waals surface area contributed by atoms with E-state index >= 15 is 0 Å². The van der Waals surface area contributed by atoms with Crippen molar-refractivity contribution in [1.29, 1.82) is 0 Å². The summed E-state index contributed by atoms with van der Waals surface area (Å²) >= 11 is 0. The molecule has 88 valence electrons. The number of β-amino-alcohol motifs (C(OH)–C–C–N with tert-alkyl or cyclic N) is 1. The van der Waals surface area contributed by atoms with Crippen molar-refractivity contribution in [3.05, 3.63) is 0 Å². The highest BCUT2D eigenvalue weighted by molar-refractivity contribution is 5.72. The highest BCUT2D eigenvalue weighted by Crippen LogP contribution is 2.21. The Balaban J connectivity index is 2.33. The Morgan fingerprint density at radius 1 is 1.67 bits per heavy atom. The average Bonchev–Trinajstić information content (AvgIpc) is 2.46. The number of esters is 1. The Hall–Kier alpha value is -0.610. The van der Waals surface area contributed by atoms with E-state index in [0.717, 1.165) is 13.0 Å². The first kappa shape index (κ1) is 12.5. The standard InChI is InChI=1S/C11H21NO3/c1-4-15-10(13)9(2)7-12-6-5-11(3,14)8-12/h9,14H,4-8H2,1-3H3. The monoisotopic (exact) mass is 215 g/mol. The minimum atomic E-state index is -0.589. The maximum absolute atomic E-state index is 11.4. The maximum atomic E-state index is 11.4. The van der Waals surface area contributed by atoms with Gasteiger partial charge in [0.2, 0.25) is 0 Å². The number of nitrogens with zero attached hydrogens (tertiary/aromatic N) is 1. The van der Waals surface area contributed by atoms with Crippen LogP contribution in [0.15, 0.2) is 0 Å². The first-order valence-electron chi connectivity index (χ1n) is 5.56. The van der Waals surface area contributed by atoms with Gasteiger partial charge in [-0.15, -0.1) is 0 Å². The summed E-state index contributed by atoms with van der Waals surface area (Å²) in [5.74, 6) is -0.261. The molecule has 1 heterocycles. The molecule has 0 saturated carbocycles. The Labute approximate surface area is 91.2 Å². The average molecular weight is 215 g/mol. The van der Waals surface area contributed by atoms with Crippen molar-refractivity contribution < 1.29 is 14.6 Å². The summed E-state index contributed by atoms with van der Waals surface area (Å²) in [4.78, 5) is 13.5. The molecule has 1 N–H and O–H groups in total. The molecule has 1 rings (SSSR count). The molecule has 0 radical (unpaired) electrons. The summed E-state index contributed by atoms with van der Waals surface area (Å²) < 4.78 is 4.94. The Bertz CT molecular complexity index is 228. The lowest BCUT2D eigenvalue weighted by molar-refractivity contribution is -0.148. The molecule has 0 aliphatic carbocycles. The fraction of sp³-hybridized carbons (Fsp3) is 0.909. The largest absolute Gasteiger partial charge is 0.466 e. The summed E-state index contributed by atoms with van der Waals surface area (Å²) in [6.45, 7) is 8.13. The third-order valence-corrected chi connectivity index (χ3v) is 2.75. The number of hydrogen-bond acceptors (Lipinski definition) is 4.